The SMILES string of the molecule is C1=Cc2c(c3cc(-c4ccc5c(c4)c4c6ccccc6ccc4n5-c4nc(-c5ccccc5)c5ccccc5n4)ccc3n2-c2ccc(-c3ccccc3)cc2)CC1. The summed E-state index contributed by atoms with van der Waals surface area (Å²) in [6, 6.07) is 65.5. The van der Waals surface area contributed by atoms with E-state index >= 15 is 0 Å². The molecule has 11 aromatic rings. The van der Waals surface area contributed by atoms with Crippen molar-refractivity contribution in [2.75, 3.05) is 0 Å². The molecule has 0 bridgehead atoms. The highest BCUT2D eigenvalue weighted by molar-refractivity contribution is 6.22. The van der Waals surface area contributed by atoms with E-state index in [1.807, 2.05) is 6.07 Å². The Morgan fingerprint density at radius 2 is 1.05 bits per heavy atom. The van der Waals surface area contributed by atoms with Crippen molar-refractivity contribution in [1.29, 1.82) is 0 Å². The van der Waals surface area contributed by atoms with Crippen LogP contribution in [0.3, 0.4) is 0 Å². The van der Waals surface area contributed by atoms with Crippen LogP contribution in [0.15, 0.2) is 188 Å². The highest BCUT2D eigenvalue weighted by atomic mass is 15.2. The Balaban J connectivity index is 1.05. The summed E-state index contributed by atoms with van der Waals surface area (Å²) >= 11 is 0. The first kappa shape index (κ1) is 32.7. The molecule has 8 aromatic carbocycles. The lowest BCUT2D eigenvalue weighted by atomic mass is 9.96. The van der Waals surface area contributed by atoms with Crippen LogP contribution in [0.1, 0.15) is 17.7 Å². The quantitative estimate of drug-likeness (QED) is 0.176. The molecule has 0 aliphatic heterocycles. The van der Waals surface area contributed by atoms with E-state index in [0.717, 1.165) is 46.0 Å². The molecule has 0 fully saturated rings. The summed E-state index contributed by atoms with van der Waals surface area (Å²) in [4.78, 5) is 10.6. The number of aryl methyl sites for hydroxylation is 1. The lowest BCUT2D eigenvalue weighted by molar-refractivity contribution is 0.967. The molecule has 272 valence electrons. The molecule has 0 atom stereocenters. The second kappa shape index (κ2) is 13.0. The van der Waals surface area contributed by atoms with Crippen LogP contribution in [0.25, 0.3) is 106 Å². The first-order valence-electron chi connectivity index (χ1n) is 20.1. The number of fused-ring (bicyclic) bond motifs is 9. The van der Waals surface area contributed by atoms with Gasteiger partial charge < -0.3 is 4.57 Å². The number of rotatable bonds is 5. The standard InChI is InChI=1S/C54H36N4/c1-3-13-35(14-4-1)36-23-28-41(29-24-36)57-48-22-12-10-19-43(48)45-33-39(26-30-49(45)57)40-27-31-50-46(34-40)52-42-18-8-7-15-37(42)25-32-51(52)58(50)54-55-47-21-11-9-20-44(47)53(56-54)38-16-5-2-6-17-38/h1-9,11-18,20-34H,10,19H2. The molecular weight excluding hydrogens is 705 g/mol. The maximum absolute atomic E-state index is 5.34. The second-order valence-electron chi connectivity index (χ2n) is 15.3. The van der Waals surface area contributed by atoms with Gasteiger partial charge in [-0.05, 0) is 106 Å². The fourth-order valence-corrected chi connectivity index (χ4v) is 9.29. The largest absolute Gasteiger partial charge is 0.310 e. The molecule has 1 aliphatic carbocycles. The zero-order valence-corrected chi connectivity index (χ0v) is 31.7. The second-order valence-corrected chi connectivity index (χ2v) is 15.3. The van der Waals surface area contributed by atoms with Gasteiger partial charge in [-0.2, -0.15) is 0 Å². The lowest BCUT2D eigenvalue weighted by Gasteiger charge is -2.13. The van der Waals surface area contributed by atoms with Gasteiger partial charge in [-0.15, -0.1) is 0 Å². The van der Waals surface area contributed by atoms with Crippen molar-refractivity contribution < 1.29 is 0 Å². The zero-order chi connectivity index (χ0) is 38.2. The molecule has 3 heterocycles. The number of hydrogen-bond donors (Lipinski definition) is 0. The van der Waals surface area contributed by atoms with Crippen LogP contribution in [0, 0.1) is 0 Å². The Morgan fingerprint density at radius 1 is 0.431 bits per heavy atom. The molecule has 58 heavy (non-hydrogen) atoms. The Labute approximate surface area is 335 Å². The topological polar surface area (TPSA) is 35.6 Å². The van der Waals surface area contributed by atoms with Crippen LogP contribution in [0.4, 0.5) is 0 Å². The number of nitrogens with zero attached hydrogens (tertiary/aromatic N) is 4. The molecule has 0 spiro atoms. The minimum Gasteiger partial charge on any atom is -0.310 e. The Morgan fingerprint density at radius 3 is 1.84 bits per heavy atom. The molecule has 0 amide bonds. The molecule has 12 rings (SSSR count). The number of para-hydroxylation sites is 1. The van der Waals surface area contributed by atoms with E-state index in [4.69, 9.17) is 9.97 Å². The molecule has 1 aliphatic rings. The smallest absolute Gasteiger partial charge is 0.235 e. The molecule has 0 radical (unpaired) electrons. The Bertz CT molecular complexity index is 3430. The maximum Gasteiger partial charge on any atom is 0.235 e. The predicted octanol–water partition coefficient (Wildman–Crippen LogP) is 13.8. The minimum absolute atomic E-state index is 0.667. The van der Waals surface area contributed by atoms with E-state index in [2.05, 4.69) is 197 Å². The Kier molecular flexibility index (Phi) is 7.32. The van der Waals surface area contributed by atoms with Crippen LogP contribution in [-0.2, 0) is 6.42 Å². The highest BCUT2D eigenvalue weighted by Crippen LogP contribution is 2.41. The van der Waals surface area contributed by atoms with Crippen LogP contribution in [0.5, 0.6) is 0 Å². The normalized spacial score (nSPS) is 12.6. The van der Waals surface area contributed by atoms with E-state index in [1.165, 1.54) is 71.6 Å². The summed E-state index contributed by atoms with van der Waals surface area (Å²) < 4.78 is 4.70. The Hall–Kier alpha value is -7.56. The van der Waals surface area contributed by atoms with Crippen molar-refractivity contribution in [3.05, 3.63) is 199 Å². The van der Waals surface area contributed by atoms with Crippen molar-refractivity contribution in [2.45, 2.75) is 12.8 Å². The van der Waals surface area contributed by atoms with Gasteiger partial charge in [0.25, 0.3) is 0 Å². The van der Waals surface area contributed by atoms with Crippen LogP contribution >= 0.6 is 0 Å². The summed E-state index contributed by atoms with van der Waals surface area (Å²) in [5, 5.41) is 7.18. The van der Waals surface area contributed by atoms with Gasteiger partial charge in [0, 0.05) is 38.5 Å². The zero-order valence-electron chi connectivity index (χ0n) is 31.7. The molecule has 4 heteroatoms. The summed E-state index contributed by atoms with van der Waals surface area (Å²) in [5.74, 6) is 0.667. The number of aromatic nitrogens is 4. The minimum atomic E-state index is 0.667. The van der Waals surface area contributed by atoms with Crippen LogP contribution in [0.2, 0.25) is 0 Å². The van der Waals surface area contributed by atoms with Gasteiger partial charge >= 0.3 is 0 Å². The molecular formula is C54H36N4. The monoisotopic (exact) mass is 740 g/mol. The summed E-state index contributed by atoms with van der Waals surface area (Å²) in [5.41, 5.74) is 15.0. The van der Waals surface area contributed by atoms with Gasteiger partial charge in [-0.3, -0.25) is 4.57 Å². The third kappa shape index (κ3) is 5.08. The molecule has 0 N–H and O–H groups in total. The molecule has 4 nitrogen and oxygen atoms in total. The summed E-state index contributed by atoms with van der Waals surface area (Å²) in [6.07, 6.45) is 6.70. The third-order valence-electron chi connectivity index (χ3n) is 12.0. The van der Waals surface area contributed by atoms with Crippen molar-refractivity contribution in [3.63, 3.8) is 0 Å². The first-order chi connectivity index (χ1) is 28.8. The number of allylic oxidation sites excluding steroid dienone is 1. The van der Waals surface area contributed by atoms with Gasteiger partial charge in [-0.1, -0.05) is 140 Å². The average Bonchev–Trinajstić information content (AvgIpc) is 3.82. The van der Waals surface area contributed by atoms with Gasteiger partial charge in [0.1, 0.15) is 0 Å². The lowest BCUT2D eigenvalue weighted by Crippen LogP contribution is -2.03. The highest BCUT2D eigenvalue weighted by Gasteiger charge is 2.22. The maximum atomic E-state index is 5.34. The van der Waals surface area contributed by atoms with Gasteiger partial charge in [-0.25, -0.2) is 9.97 Å². The van der Waals surface area contributed by atoms with Gasteiger partial charge in [0.05, 0.1) is 27.8 Å². The fourth-order valence-electron chi connectivity index (χ4n) is 9.29. The van der Waals surface area contributed by atoms with E-state index in [1.54, 1.807) is 0 Å². The van der Waals surface area contributed by atoms with Crippen molar-refractivity contribution in [3.8, 4) is 45.1 Å². The first-order valence-corrected chi connectivity index (χ1v) is 20.1. The molecule has 0 unspecified atom stereocenters. The van der Waals surface area contributed by atoms with E-state index < -0.39 is 0 Å². The van der Waals surface area contributed by atoms with Crippen LogP contribution < -0.4 is 0 Å². The fraction of sp³-hybridized carbons (Fsp3) is 0.0370. The van der Waals surface area contributed by atoms with E-state index in [0.29, 0.717) is 5.95 Å². The van der Waals surface area contributed by atoms with Gasteiger partial charge in [0.15, 0.2) is 0 Å². The summed E-state index contributed by atoms with van der Waals surface area (Å²) in [7, 11) is 0. The number of hydrogen-bond acceptors (Lipinski definition) is 2. The van der Waals surface area contributed by atoms with E-state index in [9.17, 15) is 0 Å². The predicted molar refractivity (Wildman–Crippen MR) is 242 cm³/mol. The third-order valence-corrected chi connectivity index (χ3v) is 12.0. The molecule has 0 saturated heterocycles. The number of benzene rings is 8. The van der Waals surface area contributed by atoms with Crippen molar-refractivity contribution >= 4 is 60.5 Å². The van der Waals surface area contributed by atoms with Crippen molar-refractivity contribution in [2.24, 2.45) is 0 Å². The van der Waals surface area contributed by atoms with Gasteiger partial charge in [0.2, 0.25) is 5.95 Å². The van der Waals surface area contributed by atoms with E-state index in [-0.39, 0.29) is 0 Å². The summed E-state index contributed by atoms with van der Waals surface area (Å²) in [6.45, 7) is 0. The van der Waals surface area contributed by atoms with Crippen LogP contribution in [-0.4, -0.2) is 19.1 Å². The average molecular weight is 741 g/mol. The van der Waals surface area contributed by atoms with Crippen molar-refractivity contribution in [1.82, 2.24) is 19.1 Å². The molecule has 0 saturated carbocycles. The molecule has 3 aromatic heterocycles.